The summed E-state index contributed by atoms with van der Waals surface area (Å²) < 4.78 is 24.3. The minimum atomic E-state index is -3.12. The molecule has 1 aliphatic heterocycles. The third-order valence-electron chi connectivity index (χ3n) is 3.58. The monoisotopic (exact) mass is 328 g/mol. The van der Waals surface area contributed by atoms with Gasteiger partial charge >= 0.3 is 0 Å². The van der Waals surface area contributed by atoms with Crippen molar-refractivity contribution < 1.29 is 13.2 Å². The predicted octanol–water partition coefficient (Wildman–Crippen LogP) is 1.17. The van der Waals surface area contributed by atoms with Crippen molar-refractivity contribution in [1.29, 1.82) is 0 Å². The average Bonchev–Trinajstić information content (AvgIpc) is 2.47. The van der Waals surface area contributed by atoms with E-state index in [1.807, 2.05) is 35.4 Å². The molecule has 0 unspecified atom stereocenters. The highest BCUT2D eigenvalue weighted by Gasteiger charge is 2.24. The Morgan fingerprint density at radius 2 is 1.71 bits per heavy atom. The molecule has 0 saturated carbocycles. The van der Waals surface area contributed by atoms with Gasteiger partial charge in [-0.05, 0) is 18.4 Å². The van der Waals surface area contributed by atoms with Crippen molar-refractivity contribution >= 4 is 27.6 Å². The van der Waals surface area contributed by atoms with Crippen LogP contribution in [0.3, 0.4) is 0 Å². The Kier molecular flexibility index (Phi) is 5.43. The molecule has 0 N–H and O–H groups in total. The first-order valence-electron chi connectivity index (χ1n) is 6.75. The van der Waals surface area contributed by atoms with E-state index in [4.69, 9.17) is 0 Å². The summed E-state index contributed by atoms with van der Waals surface area (Å²) in [5.74, 6) is 0.0791. The molecular formula is C14H20N2O3S2. The van der Waals surface area contributed by atoms with Crippen LogP contribution in [0.2, 0.25) is 0 Å². The van der Waals surface area contributed by atoms with Crippen LogP contribution < -0.4 is 0 Å². The van der Waals surface area contributed by atoms with Gasteiger partial charge in [0.05, 0.1) is 12.8 Å². The maximum atomic E-state index is 12.2. The molecule has 21 heavy (non-hydrogen) atoms. The molecule has 0 aromatic heterocycles. The van der Waals surface area contributed by atoms with Crippen LogP contribution in [0.25, 0.3) is 0 Å². The topological polar surface area (TPSA) is 57.7 Å². The molecule has 0 aliphatic carbocycles. The molecule has 5 nitrogen and oxygen atoms in total. The first kappa shape index (κ1) is 16.5. The molecule has 0 amide bonds. The van der Waals surface area contributed by atoms with E-state index in [2.05, 4.69) is 0 Å². The van der Waals surface area contributed by atoms with Crippen LogP contribution in [0.4, 0.5) is 0 Å². The lowest BCUT2D eigenvalue weighted by atomic mass is 10.1. The van der Waals surface area contributed by atoms with Gasteiger partial charge in [-0.1, -0.05) is 12.1 Å². The molecule has 1 saturated heterocycles. The SMILES string of the molecule is CSc1ccc(C(=O)CN2CCN(S(C)(=O)=O)CC2)cc1. The maximum Gasteiger partial charge on any atom is 0.211 e. The summed E-state index contributed by atoms with van der Waals surface area (Å²) in [4.78, 5) is 15.3. The van der Waals surface area contributed by atoms with Gasteiger partial charge in [0, 0.05) is 36.6 Å². The summed E-state index contributed by atoms with van der Waals surface area (Å²) in [6.45, 7) is 2.45. The second-order valence-electron chi connectivity index (χ2n) is 5.09. The number of carbonyl (C=O) groups excluding carboxylic acids is 1. The number of hydrogen-bond donors (Lipinski definition) is 0. The second kappa shape index (κ2) is 6.91. The van der Waals surface area contributed by atoms with Gasteiger partial charge in [0.25, 0.3) is 0 Å². The highest BCUT2D eigenvalue weighted by Crippen LogP contribution is 2.15. The number of Topliss-reactive ketones (excluding diaryl/α,β-unsaturated/α-hetero) is 1. The molecule has 1 heterocycles. The summed E-state index contributed by atoms with van der Waals surface area (Å²) in [6.07, 6.45) is 3.22. The maximum absolute atomic E-state index is 12.2. The van der Waals surface area contributed by atoms with Crippen molar-refractivity contribution in [3.63, 3.8) is 0 Å². The van der Waals surface area contributed by atoms with Crippen molar-refractivity contribution in [2.75, 3.05) is 45.2 Å². The fourth-order valence-electron chi connectivity index (χ4n) is 2.29. The zero-order chi connectivity index (χ0) is 15.5. The molecule has 1 fully saturated rings. The van der Waals surface area contributed by atoms with Crippen molar-refractivity contribution in [1.82, 2.24) is 9.21 Å². The number of rotatable bonds is 5. The molecular weight excluding hydrogens is 308 g/mol. The highest BCUT2D eigenvalue weighted by molar-refractivity contribution is 7.98. The Balaban J connectivity index is 1.89. The zero-order valence-electron chi connectivity index (χ0n) is 12.3. The first-order valence-corrected chi connectivity index (χ1v) is 9.82. The molecule has 1 aromatic carbocycles. The summed E-state index contributed by atoms with van der Waals surface area (Å²) in [6, 6.07) is 7.58. The predicted molar refractivity (Wildman–Crippen MR) is 85.4 cm³/mol. The number of ketones is 1. The Hall–Kier alpha value is -0.890. The third-order valence-corrected chi connectivity index (χ3v) is 5.63. The van der Waals surface area contributed by atoms with Crippen LogP contribution in [-0.2, 0) is 10.0 Å². The third kappa shape index (κ3) is 4.54. The van der Waals surface area contributed by atoms with Crippen LogP contribution in [0.1, 0.15) is 10.4 Å². The molecule has 0 atom stereocenters. The van der Waals surface area contributed by atoms with Gasteiger partial charge in [0.2, 0.25) is 10.0 Å². The van der Waals surface area contributed by atoms with Crippen molar-refractivity contribution in [3.8, 4) is 0 Å². The summed E-state index contributed by atoms with van der Waals surface area (Å²) >= 11 is 1.64. The van der Waals surface area contributed by atoms with E-state index in [1.165, 1.54) is 10.6 Å². The van der Waals surface area contributed by atoms with Gasteiger partial charge in [-0.2, -0.15) is 4.31 Å². The van der Waals surface area contributed by atoms with Crippen molar-refractivity contribution in [3.05, 3.63) is 29.8 Å². The van der Waals surface area contributed by atoms with E-state index in [0.29, 0.717) is 38.3 Å². The average molecular weight is 328 g/mol. The van der Waals surface area contributed by atoms with Crippen LogP contribution in [0.15, 0.2) is 29.2 Å². The van der Waals surface area contributed by atoms with Gasteiger partial charge in [0.1, 0.15) is 0 Å². The lowest BCUT2D eigenvalue weighted by Crippen LogP contribution is -2.49. The molecule has 0 bridgehead atoms. The quantitative estimate of drug-likeness (QED) is 0.600. The Morgan fingerprint density at radius 1 is 1.14 bits per heavy atom. The Morgan fingerprint density at radius 3 is 2.19 bits per heavy atom. The Labute approximate surface area is 130 Å². The van der Waals surface area contributed by atoms with Gasteiger partial charge in [0.15, 0.2) is 5.78 Å². The number of carbonyl (C=O) groups is 1. The number of hydrogen-bond acceptors (Lipinski definition) is 5. The standard InChI is InChI=1S/C14H20N2O3S2/c1-20-13-5-3-12(4-6-13)14(17)11-15-7-9-16(10-8-15)21(2,18)19/h3-6H,7-11H2,1-2H3. The van der Waals surface area contributed by atoms with Crippen molar-refractivity contribution in [2.24, 2.45) is 0 Å². The molecule has 7 heteroatoms. The van der Waals surface area contributed by atoms with Gasteiger partial charge in [-0.15, -0.1) is 11.8 Å². The number of piperazine rings is 1. The number of sulfonamides is 1. The lowest BCUT2D eigenvalue weighted by molar-refractivity contribution is 0.0902. The van der Waals surface area contributed by atoms with Gasteiger partial charge < -0.3 is 0 Å². The minimum absolute atomic E-state index is 0.0791. The Bertz CT molecular complexity index is 591. The number of nitrogens with zero attached hydrogens (tertiary/aromatic N) is 2. The smallest absolute Gasteiger partial charge is 0.211 e. The number of thioether (sulfide) groups is 1. The van der Waals surface area contributed by atoms with Gasteiger partial charge in [-0.25, -0.2) is 8.42 Å². The lowest BCUT2D eigenvalue weighted by Gasteiger charge is -2.32. The van der Waals surface area contributed by atoms with E-state index in [9.17, 15) is 13.2 Å². The van der Waals surface area contributed by atoms with E-state index in [0.717, 1.165) is 4.90 Å². The molecule has 1 aromatic rings. The number of benzene rings is 1. The fraction of sp³-hybridized carbons (Fsp3) is 0.500. The second-order valence-corrected chi connectivity index (χ2v) is 7.95. The van der Waals surface area contributed by atoms with Crippen LogP contribution in [-0.4, -0.2) is 68.6 Å². The molecule has 116 valence electrons. The fourth-order valence-corrected chi connectivity index (χ4v) is 3.53. The summed E-state index contributed by atoms with van der Waals surface area (Å²) in [7, 11) is -3.12. The summed E-state index contributed by atoms with van der Waals surface area (Å²) in [5.41, 5.74) is 0.707. The summed E-state index contributed by atoms with van der Waals surface area (Å²) in [5, 5.41) is 0. The van der Waals surface area contributed by atoms with Gasteiger partial charge in [-0.3, -0.25) is 9.69 Å². The minimum Gasteiger partial charge on any atom is -0.293 e. The van der Waals surface area contributed by atoms with E-state index in [-0.39, 0.29) is 5.78 Å². The van der Waals surface area contributed by atoms with Crippen LogP contribution in [0.5, 0.6) is 0 Å². The highest BCUT2D eigenvalue weighted by atomic mass is 32.2. The normalized spacial score (nSPS) is 17.8. The zero-order valence-corrected chi connectivity index (χ0v) is 13.9. The molecule has 2 rings (SSSR count). The van der Waals surface area contributed by atoms with E-state index in [1.54, 1.807) is 11.8 Å². The van der Waals surface area contributed by atoms with Crippen molar-refractivity contribution in [2.45, 2.75) is 4.90 Å². The molecule has 1 aliphatic rings. The van der Waals surface area contributed by atoms with E-state index < -0.39 is 10.0 Å². The molecule has 0 spiro atoms. The van der Waals surface area contributed by atoms with Crippen LogP contribution in [0, 0.1) is 0 Å². The molecule has 0 radical (unpaired) electrons. The largest absolute Gasteiger partial charge is 0.293 e. The van der Waals surface area contributed by atoms with E-state index >= 15 is 0 Å². The first-order chi connectivity index (χ1) is 9.90. The van der Waals surface area contributed by atoms with Crippen LogP contribution >= 0.6 is 11.8 Å².